The van der Waals surface area contributed by atoms with Crippen molar-refractivity contribution in [3.05, 3.63) is 0 Å². The van der Waals surface area contributed by atoms with Gasteiger partial charge in [-0.2, -0.15) is 0 Å². The third kappa shape index (κ3) is 6.87. The van der Waals surface area contributed by atoms with E-state index in [-0.39, 0.29) is 25.7 Å². The van der Waals surface area contributed by atoms with E-state index in [0.29, 0.717) is 6.21 Å². The van der Waals surface area contributed by atoms with Gasteiger partial charge in [-0.05, 0) is 32.6 Å². The second-order valence-electron chi connectivity index (χ2n) is 5.39. The number of hydrogen-bond acceptors (Lipinski definition) is 7. The largest absolute Gasteiger partial charge is 0.437 e. The van der Waals surface area contributed by atoms with Crippen LogP contribution in [0.4, 0.5) is 0 Å². The first-order valence-electron chi connectivity index (χ1n) is 7.62. The van der Waals surface area contributed by atoms with E-state index >= 15 is 0 Å². The van der Waals surface area contributed by atoms with Gasteiger partial charge in [0, 0.05) is 13.5 Å². The van der Waals surface area contributed by atoms with Gasteiger partial charge in [0.15, 0.2) is 12.6 Å². The molecule has 0 aromatic rings. The van der Waals surface area contributed by atoms with Crippen LogP contribution >= 0.6 is 0 Å². The van der Waals surface area contributed by atoms with Crippen LogP contribution in [0.2, 0.25) is 0 Å². The molecule has 0 saturated heterocycles. The summed E-state index contributed by atoms with van der Waals surface area (Å²) in [5.41, 5.74) is 0. The Morgan fingerprint density at radius 1 is 1.35 bits per heavy atom. The lowest BCUT2D eigenvalue weighted by Gasteiger charge is -2.25. The van der Waals surface area contributed by atoms with Crippen molar-refractivity contribution in [1.29, 1.82) is 5.41 Å². The minimum absolute atomic E-state index is 0.0333. The molecule has 0 radical (unpaired) electrons. The molecule has 1 aliphatic rings. The average Bonchev–Trinajstić information content (AvgIpc) is 2.51. The monoisotopic (exact) mass is 328 g/mol. The van der Waals surface area contributed by atoms with Crippen molar-refractivity contribution in [3.63, 3.8) is 0 Å². The predicted octanol–water partition coefficient (Wildman–Crippen LogP) is 0.575. The lowest BCUT2D eigenvalue weighted by atomic mass is 9.96. The third-order valence-corrected chi connectivity index (χ3v) is 3.72. The standard InChI is InChI=1S/C15H24N2O6/c1-10(21-2)14(19)17-13(7-6-11(18)8-16)15(20)23-9-22-12-4-3-5-12/h8,10,12-13,16H,3-7,9H2,1-2H3,(H,17,19)/t10-,13+/m1/s1. The van der Waals surface area contributed by atoms with Gasteiger partial charge in [0.1, 0.15) is 12.1 Å². The van der Waals surface area contributed by atoms with Gasteiger partial charge in [0.05, 0.1) is 12.3 Å². The molecule has 0 spiro atoms. The van der Waals surface area contributed by atoms with Gasteiger partial charge in [0.25, 0.3) is 0 Å². The Bertz CT molecular complexity index is 436. The second-order valence-corrected chi connectivity index (χ2v) is 5.39. The molecule has 1 rings (SSSR count). The molecule has 1 saturated carbocycles. The number of hydrogen-bond donors (Lipinski definition) is 2. The van der Waals surface area contributed by atoms with E-state index in [2.05, 4.69) is 5.32 Å². The molecule has 1 fully saturated rings. The van der Waals surface area contributed by atoms with Crippen LogP contribution in [0.15, 0.2) is 0 Å². The maximum absolute atomic E-state index is 12.1. The minimum atomic E-state index is -0.978. The summed E-state index contributed by atoms with van der Waals surface area (Å²) in [5.74, 6) is -1.57. The van der Waals surface area contributed by atoms with E-state index in [1.54, 1.807) is 6.92 Å². The first kappa shape index (κ1) is 19.2. The Morgan fingerprint density at radius 2 is 2.04 bits per heavy atom. The molecule has 2 N–H and O–H groups in total. The van der Waals surface area contributed by atoms with Crippen molar-refractivity contribution in [2.75, 3.05) is 13.9 Å². The molecule has 8 heteroatoms. The molecule has 23 heavy (non-hydrogen) atoms. The predicted molar refractivity (Wildman–Crippen MR) is 81.1 cm³/mol. The lowest BCUT2D eigenvalue weighted by Crippen LogP contribution is -2.46. The quantitative estimate of drug-likeness (QED) is 0.326. The number of ketones is 1. The van der Waals surface area contributed by atoms with Gasteiger partial charge >= 0.3 is 5.97 Å². The Morgan fingerprint density at radius 3 is 2.57 bits per heavy atom. The number of ether oxygens (including phenoxy) is 3. The fourth-order valence-corrected chi connectivity index (χ4v) is 1.83. The molecule has 0 heterocycles. The molecule has 0 aromatic carbocycles. The van der Waals surface area contributed by atoms with Crippen molar-refractivity contribution in [3.8, 4) is 0 Å². The molecule has 1 amide bonds. The number of carbonyl (C=O) groups excluding carboxylic acids is 3. The zero-order valence-corrected chi connectivity index (χ0v) is 13.5. The number of esters is 1. The number of rotatable bonds is 11. The Labute approximate surface area is 135 Å². The van der Waals surface area contributed by atoms with Crippen LogP contribution in [0.5, 0.6) is 0 Å². The highest BCUT2D eigenvalue weighted by Crippen LogP contribution is 2.21. The molecule has 0 unspecified atom stereocenters. The van der Waals surface area contributed by atoms with E-state index in [0.717, 1.165) is 19.3 Å². The van der Waals surface area contributed by atoms with E-state index in [4.69, 9.17) is 19.6 Å². The molecule has 8 nitrogen and oxygen atoms in total. The SMILES string of the molecule is CO[C@H](C)C(=O)N[C@@H](CCC(=O)C=N)C(=O)OCOC1CCC1. The second kappa shape index (κ2) is 10.1. The zero-order valence-electron chi connectivity index (χ0n) is 13.5. The Kier molecular flexibility index (Phi) is 8.42. The van der Waals surface area contributed by atoms with Crippen LogP contribution in [0.25, 0.3) is 0 Å². The smallest absolute Gasteiger partial charge is 0.330 e. The van der Waals surface area contributed by atoms with E-state index in [9.17, 15) is 14.4 Å². The summed E-state index contributed by atoms with van der Waals surface area (Å²) < 4.78 is 15.2. The molecule has 0 aliphatic heterocycles. The summed E-state index contributed by atoms with van der Waals surface area (Å²) in [7, 11) is 1.38. The zero-order chi connectivity index (χ0) is 17.2. The molecule has 0 aromatic heterocycles. The topological polar surface area (TPSA) is 115 Å². The Hall–Kier alpha value is -1.80. The van der Waals surface area contributed by atoms with Gasteiger partial charge in [-0.1, -0.05) is 0 Å². The Balaban J connectivity index is 2.49. The van der Waals surface area contributed by atoms with Gasteiger partial charge in [-0.3, -0.25) is 9.59 Å². The van der Waals surface area contributed by atoms with Crippen molar-refractivity contribution in [2.24, 2.45) is 0 Å². The molecular weight excluding hydrogens is 304 g/mol. The molecular formula is C15H24N2O6. The first-order chi connectivity index (χ1) is 11.0. The van der Waals surface area contributed by atoms with Crippen LogP contribution in [0, 0.1) is 5.41 Å². The molecule has 130 valence electrons. The number of Topliss-reactive ketones (excluding diaryl/α,β-unsaturated/α-hetero) is 1. The molecule has 1 aliphatic carbocycles. The van der Waals surface area contributed by atoms with Crippen molar-refractivity contribution < 1.29 is 28.6 Å². The van der Waals surface area contributed by atoms with Crippen molar-refractivity contribution in [2.45, 2.75) is 57.3 Å². The summed E-state index contributed by atoms with van der Waals surface area (Å²) in [5, 5.41) is 9.36. The first-order valence-corrected chi connectivity index (χ1v) is 7.62. The minimum Gasteiger partial charge on any atom is -0.437 e. The van der Waals surface area contributed by atoms with Gasteiger partial charge in [-0.15, -0.1) is 0 Å². The van der Waals surface area contributed by atoms with Gasteiger partial charge < -0.3 is 24.9 Å². The van der Waals surface area contributed by atoms with Crippen LogP contribution < -0.4 is 5.32 Å². The highest BCUT2D eigenvalue weighted by atomic mass is 16.7. The van der Waals surface area contributed by atoms with Crippen LogP contribution in [0.1, 0.15) is 39.0 Å². The summed E-state index contributed by atoms with van der Waals surface area (Å²) in [4.78, 5) is 35.1. The summed E-state index contributed by atoms with van der Waals surface area (Å²) >= 11 is 0. The van der Waals surface area contributed by atoms with Crippen LogP contribution in [-0.2, 0) is 28.6 Å². The van der Waals surface area contributed by atoms with Crippen LogP contribution in [0.3, 0.4) is 0 Å². The summed E-state index contributed by atoms with van der Waals surface area (Å²) in [6.07, 6.45) is 3.12. The summed E-state index contributed by atoms with van der Waals surface area (Å²) in [6.45, 7) is 1.37. The lowest BCUT2D eigenvalue weighted by molar-refractivity contribution is -0.168. The fourth-order valence-electron chi connectivity index (χ4n) is 1.83. The number of methoxy groups -OCH3 is 1. The van der Waals surface area contributed by atoms with Crippen molar-refractivity contribution >= 4 is 23.9 Å². The number of carbonyl (C=O) groups is 3. The van der Waals surface area contributed by atoms with Gasteiger partial charge in [0.2, 0.25) is 5.91 Å². The average molecular weight is 328 g/mol. The third-order valence-electron chi connectivity index (χ3n) is 3.72. The fraction of sp³-hybridized carbons (Fsp3) is 0.733. The maximum Gasteiger partial charge on any atom is 0.330 e. The summed E-state index contributed by atoms with van der Waals surface area (Å²) in [6, 6.07) is -0.978. The van der Waals surface area contributed by atoms with Crippen molar-refractivity contribution in [1.82, 2.24) is 5.32 Å². The highest BCUT2D eigenvalue weighted by Gasteiger charge is 2.26. The number of amides is 1. The normalized spacial score (nSPS) is 16.8. The highest BCUT2D eigenvalue weighted by molar-refractivity contribution is 6.26. The van der Waals surface area contributed by atoms with E-state index in [1.165, 1.54) is 7.11 Å². The van der Waals surface area contributed by atoms with Gasteiger partial charge in [-0.25, -0.2) is 4.79 Å². The maximum atomic E-state index is 12.1. The van der Waals surface area contributed by atoms with E-state index < -0.39 is 29.8 Å². The van der Waals surface area contributed by atoms with E-state index in [1.807, 2.05) is 0 Å². The molecule has 0 bridgehead atoms. The number of nitrogens with one attached hydrogen (secondary N) is 2. The molecule has 2 atom stereocenters. The van der Waals surface area contributed by atoms with Crippen LogP contribution in [-0.4, -0.2) is 56.0 Å².